The normalized spacial score (nSPS) is 10.3. The van der Waals surface area contributed by atoms with Crippen LogP contribution in [0.5, 0.6) is 0 Å². The number of nitrogens with zero attached hydrogens (tertiary/aromatic N) is 4. The fraction of sp³-hybridized carbons (Fsp3) is 0.357. The zero-order chi connectivity index (χ0) is 16.7. The Balaban J connectivity index is 1.71. The van der Waals surface area contributed by atoms with Gasteiger partial charge in [0, 0.05) is 24.9 Å². The molecule has 2 aromatic rings. The number of carbonyl (C=O) groups excluding carboxylic acids is 2. The second-order valence-electron chi connectivity index (χ2n) is 4.78. The topological polar surface area (TPSA) is 118 Å². The molecule has 2 heterocycles. The number of amides is 2. The third kappa shape index (κ3) is 4.50. The van der Waals surface area contributed by atoms with Crippen LogP contribution in [0.2, 0.25) is 0 Å². The fourth-order valence-corrected chi connectivity index (χ4v) is 1.71. The van der Waals surface area contributed by atoms with Gasteiger partial charge >= 0.3 is 0 Å². The van der Waals surface area contributed by atoms with Gasteiger partial charge < -0.3 is 15.6 Å². The molecule has 0 aliphatic rings. The highest BCUT2D eigenvalue weighted by Gasteiger charge is 2.13. The summed E-state index contributed by atoms with van der Waals surface area (Å²) >= 11 is 0. The second kappa shape index (κ2) is 7.87. The third-order valence-electron chi connectivity index (χ3n) is 3.09. The summed E-state index contributed by atoms with van der Waals surface area (Å²) in [6.07, 6.45) is 2.93. The van der Waals surface area contributed by atoms with Gasteiger partial charge in [0.2, 0.25) is 5.91 Å². The lowest BCUT2D eigenvalue weighted by Crippen LogP contribution is -2.30. The first-order chi connectivity index (χ1) is 11.1. The van der Waals surface area contributed by atoms with Gasteiger partial charge in [-0.1, -0.05) is 13.5 Å². The molecule has 2 aromatic heterocycles. The SMILES string of the molecule is C=C(CC)C(=O)NCCCNC(=O)c1nnn(-c2ccc[nH]2)n1. The Bertz CT molecular complexity index is 675. The molecule has 0 atom stereocenters. The Labute approximate surface area is 133 Å². The Morgan fingerprint density at radius 3 is 2.83 bits per heavy atom. The van der Waals surface area contributed by atoms with Gasteiger partial charge in [0.15, 0.2) is 5.82 Å². The summed E-state index contributed by atoms with van der Waals surface area (Å²) in [7, 11) is 0. The maximum absolute atomic E-state index is 11.9. The third-order valence-corrected chi connectivity index (χ3v) is 3.09. The first-order valence-electron chi connectivity index (χ1n) is 7.29. The van der Waals surface area contributed by atoms with Crippen LogP contribution in [0.3, 0.4) is 0 Å². The van der Waals surface area contributed by atoms with E-state index in [4.69, 9.17) is 0 Å². The van der Waals surface area contributed by atoms with Gasteiger partial charge in [-0.25, -0.2) is 0 Å². The fourth-order valence-electron chi connectivity index (χ4n) is 1.71. The van der Waals surface area contributed by atoms with Crippen LogP contribution < -0.4 is 10.6 Å². The van der Waals surface area contributed by atoms with Crippen LogP contribution in [-0.4, -0.2) is 50.1 Å². The lowest BCUT2D eigenvalue weighted by molar-refractivity contribution is -0.117. The zero-order valence-corrected chi connectivity index (χ0v) is 12.9. The molecule has 0 fully saturated rings. The standard InChI is InChI=1S/C14H19N7O2/c1-3-10(2)13(22)16-8-5-9-17-14(23)12-18-20-21(19-12)11-6-4-7-15-11/h4,6-7,15H,2-3,5,8-9H2,1H3,(H,16,22)(H,17,23). The second-order valence-corrected chi connectivity index (χ2v) is 4.78. The van der Waals surface area contributed by atoms with E-state index in [-0.39, 0.29) is 11.7 Å². The highest BCUT2D eigenvalue weighted by molar-refractivity contribution is 5.92. The van der Waals surface area contributed by atoms with E-state index in [0.717, 1.165) is 0 Å². The molecule has 9 nitrogen and oxygen atoms in total. The maximum atomic E-state index is 11.9. The van der Waals surface area contributed by atoms with Crippen LogP contribution in [-0.2, 0) is 4.79 Å². The minimum atomic E-state index is -0.410. The molecule has 23 heavy (non-hydrogen) atoms. The van der Waals surface area contributed by atoms with Crippen LogP contribution in [0, 0.1) is 0 Å². The van der Waals surface area contributed by atoms with Crippen molar-refractivity contribution in [3.8, 4) is 5.82 Å². The summed E-state index contributed by atoms with van der Waals surface area (Å²) in [6, 6.07) is 3.55. The molecular weight excluding hydrogens is 298 g/mol. The van der Waals surface area contributed by atoms with E-state index in [1.165, 1.54) is 4.80 Å². The Hall–Kier alpha value is -2.97. The van der Waals surface area contributed by atoms with Gasteiger partial charge in [0.25, 0.3) is 11.7 Å². The van der Waals surface area contributed by atoms with E-state index < -0.39 is 5.91 Å². The van der Waals surface area contributed by atoms with E-state index in [1.54, 1.807) is 18.3 Å². The highest BCUT2D eigenvalue weighted by atomic mass is 16.2. The number of aromatic nitrogens is 5. The average Bonchev–Trinajstić information content (AvgIpc) is 3.23. The predicted octanol–water partition coefficient (Wildman–Crippen LogP) is 0.193. The van der Waals surface area contributed by atoms with Gasteiger partial charge in [-0.15, -0.1) is 15.0 Å². The van der Waals surface area contributed by atoms with Gasteiger partial charge in [-0.05, 0) is 30.2 Å². The molecule has 3 N–H and O–H groups in total. The molecule has 2 rings (SSSR count). The number of hydrogen-bond donors (Lipinski definition) is 3. The Morgan fingerprint density at radius 2 is 2.13 bits per heavy atom. The van der Waals surface area contributed by atoms with E-state index in [9.17, 15) is 9.59 Å². The van der Waals surface area contributed by atoms with Gasteiger partial charge in [-0.3, -0.25) is 9.59 Å². The number of aromatic amines is 1. The molecular formula is C14H19N7O2. The van der Waals surface area contributed by atoms with Crippen LogP contribution >= 0.6 is 0 Å². The number of hydrogen-bond acceptors (Lipinski definition) is 5. The van der Waals surface area contributed by atoms with E-state index in [0.29, 0.717) is 37.3 Å². The first-order valence-corrected chi connectivity index (χ1v) is 7.29. The molecule has 0 aromatic carbocycles. The summed E-state index contributed by atoms with van der Waals surface area (Å²) in [5.74, 6) is 0.0416. The van der Waals surface area contributed by atoms with Crippen molar-refractivity contribution in [2.24, 2.45) is 0 Å². The van der Waals surface area contributed by atoms with E-state index in [2.05, 4.69) is 37.6 Å². The molecule has 0 spiro atoms. The zero-order valence-electron chi connectivity index (χ0n) is 12.9. The van der Waals surface area contributed by atoms with Crippen molar-refractivity contribution in [1.82, 2.24) is 35.8 Å². The predicted molar refractivity (Wildman–Crippen MR) is 82.9 cm³/mol. The molecule has 0 bridgehead atoms. The van der Waals surface area contributed by atoms with E-state index in [1.807, 2.05) is 6.92 Å². The number of tetrazole rings is 1. The summed E-state index contributed by atoms with van der Waals surface area (Å²) in [6.45, 7) is 6.38. The molecule has 2 amide bonds. The highest BCUT2D eigenvalue weighted by Crippen LogP contribution is 1.99. The lowest BCUT2D eigenvalue weighted by Gasteiger charge is -2.06. The molecule has 0 aliphatic carbocycles. The van der Waals surface area contributed by atoms with Crippen LogP contribution in [0.4, 0.5) is 0 Å². The largest absolute Gasteiger partial charge is 0.352 e. The number of nitrogens with one attached hydrogen (secondary N) is 3. The molecule has 0 radical (unpaired) electrons. The van der Waals surface area contributed by atoms with Crippen molar-refractivity contribution in [2.45, 2.75) is 19.8 Å². The van der Waals surface area contributed by atoms with E-state index >= 15 is 0 Å². The molecule has 9 heteroatoms. The van der Waals surface area contributed by atoms with Crippen molar-refractivity contribution < 1.29 is 9.59 Å². The van der Waals surface area contributed by atoms with Gasteiger partial charge in [0.1, 0.15) is 0 Å². The quantitative estimate of drug-likeness (QED) is 0.474. The summed E-state index contributed by atoms with van der Waals surface area (Å²) in [5.41, 5.74) is 0.541. The van der Waals surface area contributed by atoms with Gasteiger partial charge in [-0.2, -0.15) is 0 Å². The maximum Gasteiger partial charge on any atom is 0.292 e. The lowest BCUT2D eigenvalue weighted by atomic mass is 10.2. The molecule has 0 unspecified atom stereocenters. The molecule has 122 valence electrons. The summed E-state index contributed by atoms with van der Waals surface area (Å²) in [4.78, 5) is 27.5. The number of carbonyl (C=O) groups is 2. The Kier molecular flexibility index (Phi) is 5.61. The minimum Gasteiger partial charge on any atom is -0.352 e. The summed E-state index contributed by atoms with van der Waals surface area (Å²) < 4.78 is 0. The number of rotatable bonds is 8. The van der Waals surface area contributed by atoms with Crippen molar-refractivity contribution >= 4 is 11.8 Å². The van der Waals surface area contributed by atoms with Crippen molar-refractivity contribution in [3.63, 3.8) is 0 Å². The van der Waals surface area contributed by atoms with Gasteiger partial charge in [0.05, 0.1) is 0 Å². The molecule has 0 saturated carbocycles. The smallest absolute Gasteiger partial charge is 0.292 e. The molecule has 0 saturated heterocycles. The van der Waals surface area contributed by atoms with Crippen molar-refractivity contribution in [2.75, 3.05) is 13.1 Å². The van der Waals surface area contributed by atoms with Crippen LogP contribution in [0.15, 0.2) is 30.5 Å². The Morgan fingerprint density at radius 1 is 1.35 bits per heavy atom. The van der Waals surface area contributed by atoms with Crippen molar-refractivity contribution in [1.29, 1.82) is 0 Å². The van der Waals surface area contributed by atoms with Crippen LogP contribution in [0.1, 0.15) is 30.4 Å². The number of H-pyrrole nitrogens is 1. The molecule has 0 aliphatic heterocycles. The van der Waals surface area contributed by atoms with Crippen LogP contribution in [0.25, 0.3) is 5.82 Å². The first kappa shape index (κ1) is 16.4. The minimum absolute atomic E-state index is 0.0111. The monoisotopic (exact) mass is 317 g/mol. The van der Waals surface area contributed by atoms with Crippen molar-refractivity contribution in [3.05, 3.63) is 36.3 Å². The summed E-state index contributed by atoms with van der Waals surface area (Å²) in [5, 5.41) is 16.9. The average molecular weight is 317 g/mol.